The van der Waals surface area contributed by atoms with Crippen molar-refractivity contribution in [2.45, 2.75) is 57.4 Å². The van der Waals surface area contributed by atoms with Crippen LogP contribution in [0.3, 0.4) is 0 Å². The number of nitrogens with two attached hydrogens (primary N) is 1. The Morgan fingerprint density at radius 3 is 2.38 bits per heavy atom. The van der Waals surface area contributed by atoms with Crippen LogP contribution < -0.4 is 16.4 Å². The number of unbranched alkanes of at least 4 members (excludes halogenated alkanes) is 1. The molecule has 1 fully saturated rings. The molecule has 120 valence electrons. The topological polar surface area (TPSA) is 122 Å². The first kappa shape index (κ1) is 17.3. The number of primary amides is 1. The molecule has 5 N–H and O–H groups in total. The van der Waals surface area contributed by atoms with Gasteiger partial charge in [0.05, 0.1) is 0 Å². The summed E-state index contributed by atoms with van der Waals surface area (Å²) in [6.07, 6.45) is 4.04. The molecule has 0 aromatic rings. The molecule has 0 aliphatic heterocycles. The summed E-state index contributed by atoms with van der Waals surface area (Å²) in [5.41, 5.74) is 3.87. The summed E-state index contributed by atoms with van der Waals surface area (Å²) in [7, 11) is 0. The molecular formula is C14H25N3O4. The van der Waals surface area contributed by atoms with Crippen LogP contribution in [0.15, 0.2) is 0 Å². The maximum absolute atomic E-state index is 11.8. The molecule has 0 atom stereocenters. The Morgan fingerprint density at radius 1 is 1.24 bits per heavy atom. The third-order valence-corrected chi connectivity index (χ3v) is 4.03. The van der Waals surface area contributed by atoms with Crippen molar-refractivity contribution in [3.63, 3.8) is 0 Å². The van der Waals surface area contributed by atoms with E-state index in [2.05, 4.69) is 17.6 Å². The largest absolute Gasteiger partial charge is 0.480 e. The molecule has 0 bridgehead atoms. The first-order valence-electron chi connectivity index (χ1n) is 7.43. The number of carboxylic acid groups (broad SMARTS) is 1. The van der Waals surface area contributed by atoms with Crippen molar-refractivity contribution in [3.05, 3.63) is 0 Å². The zero-order valence-electron chi connectivity index (χ0n) is 12.5. The van der Waals surface area contributed by atoms with Gasteiger partial charge in [0.1, 0.15) is 5.54 Å². The molecule has 21 heavy (non-hydrogen) atoms. The number of rotatable bonds is 7. The van der Waals surface area contributed by atoms with E-state index in [0.717, 1.165) is 12.8 Å². The quantitative estimate of drug-likeness (QED) is 0.523. The van der Waals surface area contributed by atoms with Gasteiger partial charge < -0.3 is 21.5 Å². The fraction of sp³-hybridized carbons (Fsp3) is 0.786. The highest BCUT2D eigenvalue weighted by Crippen LogP contribution is 2.32. The zero-order chi connectivity index (χ0) is 15.9. The molecule has 0 spiro atoms. The van der Waals surface area contributed by atoms with Gasteiger partial charge in [-0.3, -0.25) is 4.79 Å². The van der Waals surface area contributed by atoms with Crippen LogP contribution in [0.2, 0.25) is 0 Å². The van der Waals surface area contributed by atoms with Gasteiger partial charge in [-0.15, -0.1) is 0 Å². The van der Waals surface area contributed by atoms with Crippen LogP contribution in [0.5, 0.6) is 0 Å². The molecule has 1 aliphatic carbocycles. The van der Waals surface area contributed by atoms with Crippen molar-refractivity contribution >= 4 is 17.9 Å². The highest BCUT2D eigenvalue weighted by atomic mass is 16.4. The smallest absolute Gasteiger partial charge is 0.329 e. The van der Waals surface area contributed by atoms with E-state index in [4.69, 9.17) is 5.73 Å². The van der Waals surface area contributed by atoms with Crippen LogP contribution >= 0.6 is 0 Å². The maximum atomic E-state index is 11.8. The lowest BCUT2D eigenvalue weighted by Gasteiger charge is -2.36. The maximum Gasteiger partial charge on any atom is 0.329 e. The first-order chi connectivity index (χ1) is 9.85. The van der Waals surface area contributed by atoms with Gasteiger partial charge in [-0.05, 0) is 44.4 Å². The summed E-state index contributed by atoms with van der Waals surface area (Å²) in [5, 5.41) is 14.6. The number of amides is 3. The molecule has 0 radical (unpaired) electrons. The van der Waals surface area contributed by atoms with E-state index in [1.165, 1.54) is 0 Å². The minimum absolute atomic E-state index is 0.292. The fourth-order valence-corrected chi connectivity index (χ4v) is 2.53. The number of carbonyl (C=O) groups excluding carboxylic acids is 2. The predicted molar refractivity (Wildman–Crippen MR) is 77.6 cm³/mol. The Balaban J connectivity index is 2.36. The van der Waals surface area contributed by atoms with Gasteiger partial charge in [-0.2, -0.15) is 0 Å². The number of hydrogen-bond donors (Lipinski definition) is 4. The van der Waals surface area contributed by atoms with Crippen LogP contribution in [0, 0.1) is 5.92 Å². The van der Waals surface area contributed by atoms with Crippen LogP contribution in [-0.2, 0) is 9.59 Å². The Kier molecular flexibility index (Phi) is 6.45. The van der Waals surface area contributed by atoms with E-state index in [1.54, 1.807) is 0 Å². The predicted octanol–water partition coefficient (Wildman–Crippen LogP) is 0.975. The SMILES string of the molecule is CC1CCC(NC(=O)NCCCCC(N)=O)(C(=O)O)CC1. The lowest BCUT2D eigenvalue weighted by atomic mass is 9.77. The van der Waals surface area contributed by atoms with E-state index in [0.29, 0.717) is 44.6 Å². The molecule has 1 aliphatic rings. The Labute approximate surface area is 124 Å². The molecule has 0 aromatic carbocycles. The second kappa shape index (κ2) is 7.85. The van der Waals surface area contributed by atoms with Crippen molar-refractivity contribution < 1.29 is 19.5 Å². The summed E-state index contributed by atoms with van der Waals surface area (Å²) in [5.74, 6) is -0.838. The van der Waals surface area contributed by atoms with Gasteiger partial charge in [-0.25, -0.2) is 9.59 Å². The molecule has 0 saturated heterocycles. The van der Waals surface area contributed by atoms with E-state index >= 15 is 0 Å². The second-order valence-electron chi connectivity index (χ2n) is 5.87. The van der Waals surface area contributed by atoms with Crippen LogP contribution in [0.25, 0.3) is 0 Å². The number of aliphatic carboxylic acids is 1. The minimum atomic E-state index is -1.15. The summed E-state index contributed by atoms with van der Waals surface area (Å²) >= 11 is 0. The monoisotopic (exact) mass is 299 g/mol. The van der Waals surface area contributed by atoms with Crippen molar-refractivity contribution in [3.8, 4) is 0 Å². The lowest BCUT2D eigenvalue weighted by Crippen LogP contribution is -2.58. The zero-order valence-corrected chi connectivity index (χ0v) is 12.5. The molecule has 1 saturated carbocycles. The van der Waals surface area contributed by atoms with Crippen molar-refractivity contribution in [2.24, 2.45) is 11.7 Å². The third kappa shape index (κ3) is 5.61. The van der Waals surface area contributed by atoms with Gasteiger partial charge in [0.2, 0.25) is 5.91 Å². The molecule has 7 heteroatoms. The second-order valence-corrected chi connectivity index (χ2v) is 5.87. The van der Waals surface area contributed by atoms with Gasteiger partial charge in [0.25, 0.3) is 0 Å². The average molecular weight is 299 g/mol. The lowest BCUT2D eigenvalue weighted by molar-refractivity contribution is -0.146. The van der Waals surface area contributed by atoms with Crippen LogP contribution in [0.4, 0.5) is 4.79 Å². The van der Waals surface area contributed by atoms with E-state index in [1.807, 2.05) is 0 Å². The van der Waals surface area contributed by atoms with E-state index < -0.39 is 17.5 Å². The van der Waals surface area contributed by atoms with Gasteiger partial charge in [0.15, 0.2) is 0 Å². The van der Waals surface area contributed by atoms with Crippen LogP contribution in [-0.4, -0.2) is 35.1 Å². The molecule has 7 nitrogen and oxygen atoms in total. The van der Waals surface area contributed by atoms with Crippen molar-refractivity contribution in [2.75, 3.05) is 6.54 Å². The summed E-state index contributed by atoms with van der Waals surface area (Å²) in [6.45, 7) is 2.48. The fourth-order valence-electron chi connectivity index (χ4n) is 2.53. The number of carboxylic acids is 1. The minimum Gasteiger partial charge on any atom is -0.480 e. The highest BCUT2D eigenvalue weighted by molar-refractivity contribution is 5.86. The van der Waals surface area contributed by atoms with Gasteiger partial charge in [-0.1, -0.05) is 6.92 Å². The Hall–Kier alpha value is -1.79. The standard InChI is InChI=1S/C14H25N3O4/c1-10-5-7-14(8-6-10,12(19)20)17-13(21)16-9-3-2-4-11(15)18/h10H,2-9H2,1H3,(H2,15,18)(H,19,20)(H2,16,17,21). The third-order valence-electron chi connectivity index (χ3n) is 4.03. The number of hydrogen-bond acceptors (Lipinski definition) is 3. The average Bonchev–Trinajstić information content (AvgIpc) is 2.40. The summed E-state index contributed by atoms with van der Waals surface area (Å²) in [6, 6.07) is -0.467. The molecule has 3 amide bonds. The summed E-state index contributed by atoms with van der Waals surface area (Å²) < 4.78 is 0. The normalized spacial score (nSPS) is 25.1. The number of urea groups is 1. The molecule has 1 rings (SSSR count). The Morgan fingerprint density at radius 2 is 1.86 bits per heavy atom. The molecule has 0 unspecified atom stereocenters. The van der Waals surface area contributed by atoms with Crippen molar-refractivity contribution in [1.29, 1.82) is 0 Å². The molecule has 0 heterocycles. The van der Waals surface area contributed by atoms with E-state index in [-0.39, 0.29) is 5.91 Å². The van der Waals surface area contributed by atoms with Crippen molar-refractivity contribution in [1.82, 2.24) is 10.6 Å². The number of carbonyl (C=O) groups is 3. The molecular weight excluding hydrogens is 274 g/mol. The summed E-state index contributed by atoms with van der Waals surface area (Å²) in [4.78, 5) is 33.9. The Bertz CT molecular complexity index is 390. The van der Waals surface area contributed by atoms with Gasteiger partial charge >= 0.3 is 12.0 Å². The highest BCUT2D eigenvalue weighted by Gasteiger charge is 2.42. The van der Waals surface area contributed by atoms with Crippen LogP contribution in [0.1, 0.15) is 51.9 Å². The van der Waals surface area contributed by atoms with Gasteiger partial charge in [0, 0.05) is 13.0 Å². The number of nitrogens with one attached hydrogen (secondary N) is 2. The first-order valence-corrected chi connectivity index (χ1v) is 7.43. The molecule has 0 aromatic heterocycles. The van der Waals surface area contributed by atoms with E-state index in [9.17, 15) is 19.5 Å².